The van der Waals surface area contributed by atoms with Gasteiger partial charge in [0.2, 0.25) is 11.8 Å². The first-order valence-corrected chi connectivity index (χ1v) is 9.87. The molecule has 5 heteroatoms. The van der Waals surface area contributed by atoms with Crippen molar-refractivity contribution in [2.75, 3.05) is 19.7 Å². The molecule has 1 N–H and O–H groups in total. The highest BCUT2D eigenvalue weighted by atomic mass is 16.5. The summed E-state index contributed by atoms with van der Waals surface area (Å²) < 4.78 is 5.83. The molecule has 27 heavy (non-hydrogen) atoms. The second kappa shape index (κ2) is 8.09. The van der Waals surface area contributed by atoms with Crippen molar-refractivity contribution in [3.8, 4) is 0 Å². The summed E-state index contributed by atoms with van der Waals surface area (Å²) in [6.45, 7) is 1.28. The van der Waals surface area contributed by atoms with Gasteiger partial charge in [-0.15, -0.1) is 0 Å². The highest BCUT2D eigenvalue weighted by molar-refractivity contribution is 5.91. The van der Waals surface area contributed by atoms with E-state index in [1.165, 1.54) is 6.42 Å². The van der Waals surface area contributed by atoms with E-state index in [0.717, 1.165) is 35.6 Å². The van der Waals surface area contributed by atoms with Crippen molar-refractivity contribution in [1.82, 2.24) is 10.2 Å². The van der Waals surface area contributed by atoms with E-state index in [2.05, 4.69) is 5.32 Å². The predicted molar refractivity (Wildman–Crippen MR) is 104 cm³/mol. The molecule has 2 aliphatic rings. The molecule has 2 atom stereocenters. The van der Waals surface area contributed by atoms with Gasteiger partial charge in [0.05, 0.1) is 31.7 Å². The first-order valence-electron chi connectivity index (χ1n) is 9.87. The molecule has 2 aromatic rings. The molecule has 2 aromatic carbocycles. The summed E-state index contributed by atoms with van der Waals surface area (Å²) in [5, 5.41) is 5.02. The van der Waals surface area contributed by atoms with Crippen LogP contribution in [0, 0.1) is 0 Å². The highest BCUT2D eigenvalue weighted by Gasteiger charge is 2.36. The molecule has 2 amide bonds. The Morgan fingerprint density at radius 1 is 1.07 bits per heavy atom. The molecule has 1 heterocycles. The molecule has 1 aliphatic carbocycles. The Bertz CT molecular complexity index is 828. The zero-order valence-corrected chi connectivity index (χ0v) is 15.5. The highest BCUT2D eigenvalue weighted by Crippen LogP contribution is 2.28. The van der Waals surface area contributed by atoms with Crippen LogP contribution >= 0.6 is 0 Å². The van der Waals surface area contributed by atoms with Crippen molar-refractivity contribution in [2.24, 2.45) is 0 Å². The first kappa shape index (κ1) is 18.0. The lowest BCUT2D eigenvalue weighted by molar-refractivity contribution is -0.149. The van der Waals surface area contributed by atoms with Crippen LogP contribution in [0.15, 0.2) is 42.5 Å². The van der Waals surface area contributed by atoms with Gasteiger partial charge in [0, 0.05) is 6.54 Å². The van der Waals surface area contributed by atoms with Crippen LogP contribution in [0.25, 0.3) is 10.8 Å². The average Bonchev–Trinajstić information content (AvgIpc) is 2.72. The Labute approximate surface area is 159 Å². The molecule has 1 aliphatic heterocycles. The molecule has 1 saturated heterocycles. The number of carbonyl (C=O) groups is 2. The van der Waals surface area contributed by atoms with Crippen molar-refractivity contribution in [1.29, 1.82) is 0 Å². The third-order valence-electron chi connectivity index (χ3n) is 5.72. The Morgan fingerprint density at radius 3 is 2.81 bits per heavy atom. The molecule has 142 valence electrons. The van der Waals surface area contributed by atoms with Crippen LogP contribution in [-0.4, -0.2) is 48.6 Å². The minimum absolute atomic E-state index is 0.00136. The van der Waals surface area contributed by atoms with E-state index in [0.29, 0.717) is 13.2 Å². The lowest BCUT2D eigenvalue weighted by Crippen LogP contribution is -2.56. The topological polar surface area (TPSA) is 58.6 Å². The van der Waals surface area contributed by atoms with Crippen molar-refractivity contribution in [3.63, 3.8) is 0 Å². The SMILES string of the molecule is O=C(Cc1cccc2ccccc12)NCC(=O)N1CCO[C@@H]2CCCC[C@@H]21. The van der Waals surface area contributed by atoms with E-state index < -0.39 is 0 Å². The number of carbonyl (C=O) groups excluding carboxylic acids is 2. The zero-order valence-electron chi connectivity index (χ0n) is 15.5. The largest absolute Gasteiger partial charge is 0.374 e. The van der Waals surface area contributed by atoms with Crippen LogP contribution < -0.4 is 5.32 Å². The van der Waals surface area contributed by atoms with Crippen molar-refractivity contribution in [2.45, 2.75) is 44.2 Å². The molecule has 0 aromatic heterocycles. The van der Waals surface area contributed by atoms with Crippen LogP contribution in [0.2, 0.25) is 0 Å². The number of nitrogens with zero attached hydrogens (tertiary/aromatic N) is 1. The summed E-state index contributed by atoms with van der Waals surface area (Å²) in [7, 11) is 0. The van der Waals surface area contributed by atoms with Crippen LogP contribution in [-0.2, 0) is 20.7 Å². The number of fused-ring (bicyclic) bond motifs is 2. The molecule has 0 unspecified atom stereocenters. The first-order chi connectivity index (χ1) is 13.2. The molecule has 0 radical (unpaired) electrons. The minimum Gasteiger partial charge on any atom is -0.374 e. The summed E-state index contributed by atoms with van der Waals surface area (Å²) in [4.78, 5) is 27.0. The second-order valence-electron chi connectivity index (χ2n) is 7.44. The minimum atomic E-state index is -0.117. The summed E-state index contributed by atoms with van der Waals surface area (Å²) >= 11 is 0. The Balaban J connectivity index is 1.35. The Hall–Kier alpha value is -2.40. The third-order valence-corrected chi connectivity index (χ3v) is 5.72. The number of nitrogens with one attached hydrogen (secondary N) is 1. The van der Waals surface area contributed by atoms with E-state index in [1.54, 1.807) is 0 Å². The predicted octanol–water partition coefficient (Wildman–Crippen LogP) is 2.67. The number of hydrogen-bond acceptors (Lipinski definition) is 3. The number of hydrogen-bond donors (Lipinski definition) is 1. The van der Waals surface area contributed by atoms with E-state index in [9.17, 15) is 9.59 Å². The van der Waals surface area contributed by atoms with Gasteiger partial charge in [-0.05, 0) is 29.2 Å². The number of amides is 2. The Kier molecular flexibility index (Phi) is 5.39. The van der Waals surface area contributed by atoms with Crippen LogP contribution in [0.3, 0.4) is 0 Å². The molecule has 2 fully saturated rings. The van der Waals surface area contributed by atoms with Gasteiger partial charge in [-0.25, -0.2) is 0 Å². The molecule has 1 saturated carbocycles. The fourth-order valence-electron chi connectivity index (χ4n) is 4.36. The molecular formula is C22H26N2O3. The maximum Gasteiger partial charge on any atom is 0.242 e. The van der Waals surface area contributed by atoms with Crippen LogP contribution in [0.1, 0.15) is 31.2 Å². The summed E-state index contributed by atoms with van der Waals surface area (Å²) in [5.41, 5.74) is 0.983. The molecular weight excluding hydrogens is 340 g/mol. The molecule has 0 bridgehead atoms. The Morgan fingerprint density at radius 2 is 1.89 bits per heavy atom. The number of rotatable bonds is 4. The van der Waals surface area contributed by atoms with Gasteiger partial charge >= 0.3 is 0 Å². The lowest BCUT2D eigenvalue weighted by atomic mass is 9.90. The molecule has 4 rings (SSSR count). The number of ether oxygens (including phenoxy) is 1. The van der Waals surface area contributed by atoms with E-state index in [1.807, 2.05) is 47.4 Å². The van der Waals surface area contributed by atoms with E-state index >= 15 is 0 Å². The van der Waals surface area contributed by atoms with E-state index in [-0.39, 0.29) is 36.9 Å². The van der Waals surface area contributed by atoms with Crippen LogP contribution in [0.4, 0.5) is 0 Å². The maximum absolute atomic E-state index is 12.7. The van der Waals surface area contributed by atoms with Gasteiger partial charge in [-0.1, -0.05) is 55.3 Å². The monoisotopic (exact) mass is 366 g/mol. The maximum atomic E-state index is 12.7. The smallest absolute Gasteiger partial charge is 0.242 e. The number of benzene rings is 2. The van der Waals surface area contributed by atoms with E-state index in [4.69, 9.17) is 4.74 Å². The van der Waals surface area contributed by atoms with Gasteiger partial charge in [0.1, 0.15) is 0 Å². The van der Waals surface area contributed by atoms with Gasteiger partial charge in [0.15, 0.2) is 0 Å². The zero-order chi connectivity index (χ0) is 18.6. The summed E-state index contributed by atoms with van der Waals surface area (Å²) in [6, 6.07) is 14.2. The average molecular weight is 366 g/mol. The van der Waals surface area contributed by atoms with Gasteiger partial charge in [-0.2, -0.15) is 0 Å². The van der Waals surface area contributed by atoms with Crippen molar-refractivity contribution < 1.29 is 14.3 Å². The van der Waals surface area contributed by atoms with Gasteiger partial charge in [0.25, 0.3) is 0 Å². The molecule has 0 spiro atoms. The fourth-order valence-corrected chi connectivity index (χ4v) is 4.36. The molecule has 5 nitrogen and oxygen atoms in total. The van der Waals surface area contributed by atoms with Gasteiger partial charge < -0.3 is 15.0 Å². The second-order valence-corrected chi connectivity index (χ2v) is 7.44. The summed E-state index contributed by atoms with van der Waals surface area (Å²) in [6.07, 6.45) is 4.79. The standard InChI is InChI=1S/C22H26N2O3/c25-21(14-17-8-5-7-16-6-1-2-9-18(16)17)23-15-22(26)24-12-13-27-20-11-4-3-10-19(20)24/h1-2,5-9,19-20H,3-4,10-15H2,(H,23,25)/t19-,20+/m0/s1. The normalized spacial score (nSPS) is 22.3. The third kappa shape index (κ3) is 3.98. The van der Waals surface area contributed by atoms with Crippen molar-refractivity contribution in [3.05, 3.63) is 48.0 Å². The van der Waals surface area contributed by atoms with Gasteiger partial charge in [-0.3, -0.25) is 9.59 Å². The quantitative estimate of drug-likeness (QED) is 0.905. The number of morpholine rings is 1. The summed E-state index contributed by atoms with van der Waals surface area (Å²) in [5.74, 6) is -0.116. The lowest BCUT2D eigenvalue weighted by Gasteiger charge is -2.43. The van der Waals surface area contributed by atoms with Crippen molar-refractivity contribution >= 4 is 22.6 Å². The van der Waals surface area contributed by atoms with Crippen LogP contribution in [0.5, 0.6) is 0 Å². The fraction of sp³-hybridized carbons (Fsp3) is 0.455.